The molecule has 0 unspecified atom stereocenters. The van der Waals surface area contributed by atoms with Crippen molar-refractivity contribution in [3.63, 3.8) is 0 Å². The lowest BCUT2D eigenvalue weighted by Gasteiger charge is -2.12. The van der Waals surface area contributed by atoms with Gasteiger partial charge in [0, 0.05) is 9.86 Å². The standard InChI is InChI=1S/C19H17BrN4O2/c1-12(2)24-19(26)16-6-4-3-5-15(16)17(23-24)18(25)22-21-11-13-7-9-14(20)10-8-13/h3-12H,1-2H3,(H,22,25)/b21-11+. The summed E-state index contributed by atoms with van der Waals surface area (Å²) in [5.74, 6) is -0.469. The first-order valence-corrected chi connectivity index (χ1v) is 8.87. The molecule has 132 valence electrons. The maximum absolute atomic E-state index is 12.6. The van der Waals surface area contributed by atoms with Crippen LogP contribution in [0.3, 0.4) is 0 Å². The molecule has 7 heteroatoms. The summed E-state index contributed by atoms with van der Waals surface area (Å²) in [4.78, 5) is 25.1. The van der Waals surface area contributed by atoms with E-state index in [1.807, 2.05) is 38.1 Å². The van der Waals surface area contributed by atoms with Crippen LogP contribution in [0.2, 0.25) is 0 Å². The molecule has 0 saturated carbocycles. The minimum atomic E-state index is -0.469. The van der Waals surface area contributed by atoms with Gasteiger partial charge in [0.25, 0.3) is 11.5 Å². The van der Waals surface area contributed by atoms with Crippen LogP contribution < -0.4 is 11.0 Å². The fourth-order valence-electron chi connectivity index (χ4n) is 2.49. The number of hydrazone groups is 1. The lowest BCUT2D eigenvalue weighted by atomic mass is 10.1. The van der Waals surface area contributed by atoms with Crippen LogP contribution in [0.25, 0.3) is 10.8 Å². The molecule has 3 aromatic rings. The van der Waals surface area contributed by atoms with E-state index in [1.54, 1.807) is 30.5 Å². The van der Waals surface area contributed by atoms with Gasteiger partial charge in [-0.2, -0.15) is 10.2 Å². The Morgan fingerprint density at radius 1 is 1.15 bits per heavy atom. The molecular formula is C19H17BrN4O2. The summed E-state index contributed by atoms with van der Waals surface area (Å²) >= 11 is 3.36. The second-order valence-corrected chi connectivity index (χ2v) is 6.90. The van der Waals surface area contributed by atoms with Crippen LogP contribution in [-0.2, 0) is 0 Å². The summed E-state index contributed by atoms with van der Waals surface area (Å²) in [6, 6.07) is 14.3. The van der Waals surface area contributed by atoms with E-state index in [9.17, 15) is 9.59 Å². The van der Waals surface area contributed by atoms with Crippen molar-refractivity contribution in [2.75, 3.05) is 0 Å². The quantitative estimate of drug-likeness (QED) is 0.526. The van der Waals surface area contributed by atoms with E-state index in [2.05, 4.69) is 31.6 Å². The number of amides is 1. The maximum atomic E-state index is 12.6. The highest BCUT2D eigenvalue weighted by Gasteiger charge is 2.17. The molecular weight excluding hydrogens is 396 g/mol. The average Bonchev–Trinajstić information content (AvgIpc) is 2.63. The molecule has 2 aromatic carbocycles. The summed E-state index contributed by atoms with van der Waals surface area (Å²) < 4.78 is 2.28. The summed E-state index contributed by atoms with van der Waals surface area (Å²) in [5, 5.41) is 9.20. The molecule has 0 aliphatic heterocycles. The molecule has 1 aromatic heterocycles. The first-order chi connectivity index (χ1) is 12.5. The monoisotopic (exact) mass is 412 g/mol. The third kappa shape index (κ3) is 3.72. The first-order valence-electron chi connectivity index (χ1n) is 8.08. The van der Waals surface area contributed by atoms with E-state index < -0.39 is 5.91 Å². The number of fused-ring (bicyclic) bond motifs is 1. The van der Waals surface area contributed by atoms with Gasteiger partial charge in [0.2, 0.25) is 0 Å². The van der Waals surface area contributed by atoms with Crippen LogP contribution >= 0.6 is 15.9 Å². The number of nitrogens with zero attached hydrogens (tertiary/aromatic N) is 3. The zero-order valence-electron chi connectivity index (χ0n) is 14.3. The van der Waals surface area contributed by atoms with Gasteiger partial charge in [-0.25, -0.2) is 10.1 Å². The molecule has 1 heterocycles. The van der Waals surface area contributed by atoms with Gasteiger partial charge in [0.05, 0.1) is 17.6 Å². The second kappa shape index (κ2) is 7.61. The van der Waals surface area contributed by atoms with Gasteiger partial charge in [-0.1, -0.05) is 46.3 Å². The lowest BCUT2D eigenvalue weighted by molar-refractivity contribution is 0.0949. The van der Waals surface area contributed by atoms with Crippen molar-refractivity contribution in [2.45, 2.75) is 19.9 Å². The zero-order chi connectivity index (χ0) is 18.7. The number of rotatable bonds is 4. The molecule has 0 radical (unpaired) electrons. The number of carbonyl (C=O) groups excluding carboxylic acids is 1. The molecule has 0 saturated heterocycles. The molecule has 1 N–H and O–H groups in total. The Kier molecular flexibility index (Phi) is 5.27. The SMILES string of the molecule is CC(C)n1nc(C(=O)N/N=C/c2ccc(Br)cc2)c2ccccc2c1=O. The summed E-state index contributed by atoms with van der Waals surface area (Å²) in [6.07, 6.45) is 1.55. The van der Waals surface area contributed by atoms with Crippen molar-refractivity contribution < 1.29 is 4.79 Å². The van der Waals surface area contributed by atoms with Gasteiger partial charge >= 0.3 is 0 Å². The minimum Gasteiger partial charge on any atom is -0.267 e. The Morgan fingerprint density at radius 2 is 1.81 bits per heavy atom. The molecule has 0 aliphatic carbocycles. The van der Waals surface area contributed by atoms with Crippen molar-refractivity contribution >= 4 is 38.8 Å². The number of halogens is 1. The van der Waals surface area contributed by atoms with Gasteiger partial charge in [-0.15, -0.1) is 0 Å². The fourth-order valence-corrected chi connectivity index (χ4v) is 2.76. The Morgan fingerprint density at radius 3 is 2.46 bits per heavy atom. The normalized spacial score (nSPS) is 11.4. The third-order valence-corrected chi connectivity index (χ3v) is 4.31. The van der Waals surface area contributed by atoms with E-state index in [0.29, 0.717) is 10.8 Å². The molecule has 1 amide bonds. The Bertz CT molecular complexity index is 1040. The van der Waals surface area contributed by atoms with Gasteiger partial charge < -0.3 is 0 Å². The van der Waals surface area contributed by atoms with Gasteiger partial charge in [-0.3, -0.25) is 9.59 Å². The van der Waals surface area contributed by atoms with Gasteiger partial charge in [-0.05, 0) is 37.6 Å². The van der Waals surface area contributed by atoms with E-state index in [-0.39, 0.29) is 17.3 Å². The third-order valence-electron chi connectivity index (χ3n) is 3.78. The molecule has 0 fully saturated rings. The van der Waals surface area contributed by atoms with Crippen LogP contribution in [0.1, 0.15) is 35.9 Å². The molecule has 3 rings (SSSR count). The second-order valence-electron chi connectivity index (χ2n) is 5.99. The van der Waals surface area contributed by atoms with Crippen molar-refractivity contribution in [1.29, 1.82) is 0 Å². The summed E-state index contributed by atoms with van der Waals surface area (Å²) in [6.45, 7) is 3.69. The number of carbonyl (C=O) groups is 1. The van der Waals surface area contributed by atoms with Gasteiger partial charge in [0.1, 0.15) is 0 Å². The fraction of sp³-hybridized carbons (Fsp3) is 0.158. The van der Waals surface area contributed by atoms with Crippen LogP contribution in [-0.4, -0.2) is 21.9 Å². The zero-order valence-corrected chi connectivity index (χ0v) is 15.9. The highest BCUT2D eigenvalue weighted by atomic mass is 79.9. The lowest BCUT2D eigenvalue weighted by Crippen LogP contribution is -2.30. The number of hydrogen-bond acceptors (Lipinski definition) is 4. The van der Waals surface area contributed by atoms with E-state index >= 15 is 0 Å². The Balaban J connectivity index is 1.94. The van der Waals surface area contributed by atoms with Crippen molar-refractivity contribution in [2.24, 2.45) is 5.10 Å². The van der Waals surface area contributed by atoms with Crippen LogP contribution in [0, 0.1) is 0 Å². The first kappa shape index (κ1) is 18.0. The van der Waals surface area contributed by atoms with E-state index in [4.69, 9.17) is 0 Å². The number of aromatic nitrogens is 2. The highest BCUT2D eigenvalue weighted by molar-refractivity contribution is 9.10. The molecule has 0 bridgehead atoms. The Labute approximate surface area is 158 Å². The summed E-state index contributed by atoms with van der Waals surface area (Å²) in [7, 11) is 0. The van der Waals surface area contributed by atoms with Crippen molar-refractivity contribution in [3.8, 4) is 0 Å². The van der Waals surface area contributed by atoms with Gasteiger partial charge in [0.15, 0.2) is 5.69 Å². The number of benzene rings is 2. The largest absolute Gasteiger partial charge is 0.292 e. The molecule has 0 atom stereocenters. The predicted molar refractivity (Wildman–Crippen MR) is 106 cm³/mol. The number of hydrogen-bond donors (Lipinski definition) is 1. The average molecular weight is 413 g/mol. The van der Waals surface area contributed by atoms with Crippen LogP contribution in [0.4, 0.5) is 0 Å². The molecule has 6 nitrogen and oxygen atoms in total. The number of nitrogens with one attached hydrogen (secondary N) is 1. The van der Waals surface area contributed by atoms with Crippen LogP contribution in [0.5, 0.6) is 0 Å². The maximum Gasteiger partial charge on any atom is 0.292 e. The summed E-state index contributed by atoms with van der Waals surface area (Å²) in [5.41, 5.74) is 3.28. The van der Waals surface area contributed by atoms with E-state index in [0.717, 1.165) is 10.0 Å². The Hall–Kier alpha value is -2.80. The topological polar surface area (TPSA) is 76.3 Å². The van der Waals surface area contributed by atoms with E-state index in [1.165, 1.54) is 4.68 Å². The smallest absolute Gasteiger partial charge is 0.267 e. The minimum absolute atomic E-state index is 0.162. The van der Waals surface area contributed by atoms with Crippen LogP contribution in [0.15, 0.2) is 62.9 Å². The molecule has 0 aliphatic rings. The predicted octanol–water partition coefficient (Wildman–Crippen LogP) is 3.50. The molecule has 26 heavy (non-hydrogen) atoms. The van der Waals surface area contributed by atoms with Crippen molar-refractivity contribution in [3.05, 3.63) is 74.6 Å². The highest BCUT2D eigenvalue weighted by Crippen LogP contribution is 2.15. The molecule has 0 spiro atoms. The van der Waals surface area contributed by atoms with Crippen molar-refractivity contribution in [1.82, 2.24) is 15.2 Å².